The predicted molar refractivity (Wildman–Crippen MR) is 149 cm³/mol. The van der Waals surface area contributed by atoms with Crippen LogP contribution in [0.4, 0.5) is 23.4 Å². The molecule has 1 aromatic heterocycles. The number of anilines is 1. The maximum Gasteiger partial charge on any atom is 0.573 e. The molecule has 0 spiro atoms. The Kier molecular flexibility index (Phi) is 9.46. The van der Waals surface area contributed by atoms with E-state index in [0.717, 1.165) is 50.5 Å². The van der Waals surface area contributed by atoms with Crippen LogP contribution >= 0.6 is 11.6 Å². The summed E-state index contributed by atoms with van der Waals surface area (Å²) in [4.78, 5) is 24.4. The number of benzene rings is 2. The molecule has 2 aromatic carbocycles. The van der Waals surface area contributed by atoms with Crippen molar-refractivity contribution in [3.63, 3.8) is 0 Å². The van der Waals surface area contributed by atoms with Crippen LogP contribution in [0.2, 0.25) is 5.02 Å². The Morgan fingerprint density at radius 1 is 1.09 bits per heavy atom. The van der Waals surface area contributed by atoms with E-state index >= 15 is 4.39 Å². The normalized spacial score (nSPS) is 21.1. The van der Waals surface area contributed by atoms with Crippen LogP contribution in [0.25, 0.3) is 0 Å². The molecular weight excluding hydrogens is 632 g/mol. The quantitative estimate of drug-likeness (QED) is 0.155. The van der Waals surface area contributed by atoms with E-state index in [9.17, 15) is 26.4 Å². The summed E-state index contributed by atoms with van der Waals surface area (Å²) in [5, 5.41) is -0.196. The first-order chi connectivity index (χ1) is 21.0. The molecule has 2 aliphatic rings. The number of ether oxygens (including phenoxy) is 2. The summed E-state index contributed by atoms with van der Waals surface area (Å²) in [6.45, 7) is 1.44. The molecule has 2 fully saturated rings. The number of sulfonamides is 1. The molecule has 3 atom stereocenters. The monoisotopic (exact) mass is 658 g/mol. The van der Waals surface area contributed by atoms with Crippen molar-refractivity contribution in [2.24, 2.45) is 0 Å². The fourth-order valence-corrected chi connectivity index (χ4v) is 7.22. The number of nitrogens with zero attached hydrogens (tertiary/aromatic N) is 4. The lowest BCUT2D eigenvalue weighted by atomic mass is 9.79. The zero-order valence-corrected chi connectivity index (χ0v) is 24.6. The van der Waals surface area contributed by atoms with Crippen molar-refractivity contribution in [1.82, 2.24) is 14.9 Å². The Morgan fingerprint density at radius 3 is 2.55 bits per heavy atom. The molecule has 1 saturated heterocycles. The summed E-state index contributed by atoms with van der Waals surface area (Å²) in [6.07, 6.45) is 0.492. The molecule has 10 nitrogen and oxygen atoms in total. The molecule has 0 amide bonds. The van der Waals surface area contributed by atoms with Crippen LogP contribution in [-0.2, 0) is 19.7 Å². The van der Waals surface area contributed by atoms with Crippen LogP contribution in [0.15, 0.2) is 59.9 Å². The number of carbonyl (C=O) groups excluding carboxylic acids is 1. The predicted octanol–water partition coefficient (Wildman–Crippen LogP) is 5.63. The third-order valence-electron chi connectivity index (χ3n) is 7.58. The van der Waals surface area contributed by atoms with E-state index in [0.29, 0.717) is 24.8 Å². The van der Waals surface area contributed by atoms with Gasteiger partial charge in [0.05, 0.1) is 5.02 Å². The summed E-state index contributed by atoms with van der Waals surface area (Å²) >= 11 is 6.43. The van der Waals surface area contributed by atoms with Gasteiger partial charge in [0, 0.05) is 24.4 Å². The summed E-state index contributed by atoms with van der Waals surface area (Å²) in [7, 11) is -4.81. The number of halogens is 5. The molecule has 44 heavy (non-hydrogen) atoms. The minimum absolute atomic E-state index is 0.0810. The van der Waals surface area contributed by atoms with Gasteiger partial charge in [-0.1, -0.05) is 28.2 Å². The van der Waals surface area contributed by atoms with Gasteiger partial charge >= 0.3 is 12.8 Å². The number of carbonyl (C=O) groups is 1. The highest BCUT2D eigenvalue weighted by molar-refractivity contribution is 7.92. The van der Waals surface area contributed by atoms with E-state index in [4.69, 9.17) is 16.3 Å². The third-order valence-corrected chi connectivity index (χ3v) is 9.45. The van der Waals surface area contributed by atoms with Gasteiger partial charge in [-0.15, -0.1) is 13.2 Å². The average Bonchev–Trinajstić information content (AvgIpc) is 3.52. The standard InChI is InChI=1S/C28H27ClF4N4O6S/c29-21-14-26(44(39,40)37(41-17-38)27-8-9-34-16-35-27)22(30)15-25(21)42-24-7-6-19(13-23(24)36-10-1-2-11-36)18-4-3-5-20(12-18)43-28(31,32)33/h3-5,8-9,12,14-17,19,23-24H,1-2,6-7,10-11,13H2/t19-,23-,24-/m0/s1. The van der Waals surface area contributed by atoms with Crippen molar-refractivity contribution in [2.75, 3.05) is 17.6 Å². The summed E-state index contributed by atoms with van der Waals surface area (Å²) < 4.78 is 90.8. The number of rotatable bonds is 10. The van der Waals surface area contributed by atoms with E-state index in [-0.39, 0.29) is 45.2 Å². The number of hydrogen-bond acceptors (Lipinski definition) is 9. The lowest BCUT2D eigenvalue weighted by Gasteiger charge is -2.41. The molecular formula is C28H27ClF4N4O6S. The van der Waals surface area contributed by atoms with E-state index in [2.05, 4.69) is 24.4 Å². The fraction of sp³-hybridized carbons (Fsp3) is 0.393. The molecule has 5 rings (SSSR count). The first kappa shape index (κ1) is 31.7. The van der Waals surface area contributed by atoms with E-state index < -0.39 is 33.2 Å². The van der Waals surface area contributed by atoms with Crippen LogP contribution in [0.5, 0.6) is 11.5 Å². The molecule has 0 N–H and O–H groups in total. The molecule has 2 heterocycles. The van der Waals surface area contributed by atoms with Gasteiger partial charge in [-0.2, -0.15) is 8.42 Å². The second-order valence-electron chi connectivity index (χ2n) is 10.3. The molecule has 236 valence electrons. The van der Waals surface area contributed by atoms with Crippen LogP contribution in [0.3, 0.4) is 0 Å². The number of likely N-dealkylation sites (tertiary alicyclic amines) is 1. The number of hydrogen-bond donors (Lipinski definition) is 0. The highest BCUT2D eigenvalue weighted by Crippen LogP contribution is 2.41. The van der Waals surface area contributed by atoms with Gasteiger partial charge in [0.15, 0.2) is 5.82 Å². The van der Waals surface area contributed by atoms with E-state index in [1.807, 2.05) is 0 Å². The maximum atomic E-state index is 15.4. The first-order valence-corrected chi connectivity index (χ1v) is 15.5. The largest absolute Gasteiger partial charge is 0.573 e. The second-order valence-corrected chi connectivity index (χ2v) is 12.4. The Morgan fingerprint density at radius 2 is 1.86 bits per heavy atom. The first-order valence-electron chi connectivity index (χ1n) is 13.6. The van der Waals surface area contributed by atoms with E-state index in [1.54, 1.807) is 6.07 Å². The van der Waals surface area contributed by atoms with Gasteiger partial charge in [0.25, 0.3) is 10.0 Å². The van der Waals surface area contributed by atoms with Crippen LogP contribution < -0.4 is 13.9 Å². The number of aromatic nitrogens is 2. The summed E-state index contributed by atoms with van der Waals surface area (Å²) in [5.74, 6) is -2.00. The molecule has 1 saturated carbocycles. The SMILES string of the molecule is O=CON(c1ccncn1)S(=O)(=O)c1cc(Cl)c(O[C@H]2CC[C@H](c3cccc(OC(F)(F)F)c3)C[C@@H]2N2CCCC2)cc1F. The van der Waals surface area contributed by atoms with E-state index in [1.165, 1.54) is 24.4 Å². The Balaban J connectivity index is 1.38. The lowest BCUT2D eigenvalue weighted by Crippen LogP contribution is -2.48. The maximum absolute atomic E-state index is 15.4. The highest BCUT2D eigenvalue weighted by Gasteiger charge is 2.39. The van der Waals surface area contributed by atoms with Gasteiger partial charge in [0.1, 0.15) is 34.6 Å². The van der Waals surface area contributed by atoms with Gasteiger partial charge in [-0.25, -0.2) is 14.4 Å². The Hall–Kier alpha value is -3.69. The fourth-order valence-electron chi connectivity index (χ4n) is 5.70. The minimum atomic E-state index is -4.81. The van der Waals surface area contributed by atoms with Crippen molar-refractivity contribution >= 4 is 33.9 Å². The number of alkyl halides is 3. The van der Waals surface area contributed by atoms with Crippen molar-refractivity contribution < 1.29 is 45.1 Å². The lowest BCUT2D eigenvalue weighted by molar-refractivity contribution is -0.274. The molecule has 0 unspecified atom stereocenters. The smallest absolute Gasteiger partial charge is 0.487 e. The topological polar surface area (TPSA) is 111 Å². The van der Waals surface area contributed by atoms with Crippen molar-refractivity contribution in [3.05, 3.63) is 71.4 Å². The molecule has 0 bridgehead atoms. The minimum Gasteiger partial charge on any atom is -0.487 e. The van der Waals surface area contributed by atoms with Crippen LogP contribution in [0.1, 0.15) is 43.6 Å². The highest BCUT2D eigenvalue weighted by atomic mass is 35.5. The zero-order valence-electron chi connectivity index (χ0n) is 23.0. The summed E-state index contributed by atoms with van der Waals surface area (Å²) in [6, 6.07) is 8.64. The van der Waals surface area contributed by atoms with Crippen LogP contribution in [0, 0.1) is 5.82 Å². The molecule has 16 heteroatoms. The molecule has 0 radical (unpaired) electrons. The third kappa shape index (κ3) is 7.16. The summed E-state index contributed by atoms with van der Waals surface area (Å²) in [5.41, 5.74) is 0.707. The van der Waals surface area contributed by atoms with Gasteiger partial charge in [0.2, 0.25) is 0 Å². The van der Waals surface area contributed by atoms with Crippen molar-refractivity contribution in [2.45, 2.75) is 61.4 Å². The molecule has 1 aliphatic carbocycles. The second kappa shape index (κ2) is 13.1. The van der Waals surface area contributed by atoms with Crippen LogP contribution in [-0.4, -0.2) is 61.4 Å². The zero-order chi connectivity index (χ0) is 31.5. The van der Waals surface area contributed by atoms with Gasteiger partial charge < -0.3 is 14.3 Å². The Bertz CT molecular complexity index is 1580. The average molecular weight is 659 g/mol. The Labute approximate surface area is 255 Å². The van der Waals surface area contributed by atoms with Gasteiger partial charge in [-0.05, 0) is 74.9 Å². The van der Waals surface area contributed by atoms with Gasteiger partial charge in [-0.3, -0.25) is 9.69 Å². The molecule has 3 aromatic rings. The molecule has 1 aliphatic heterocycles. The van der Waals surface area contributed by atoms with Crippen molar-refractivity contribution in [3.8, 4) is 11.5 Å². The van der Waals surface area contributed by atoms with Crippen molar-refractivity contribution in [1.29, 1.82) is 0 Å².